The molecule has 2 aliphatic rings. The lowest BCUT2D eigenvalue weighted by molar-refractivity contribution is -0.141. The summed E-state index contributed by atoms with van der Waals surface area (Å²) in [6.07, 6.45) is 2.52. The van der Waals surface area contributed by atoms with Gasteiger partial charge in [0.25, 0.3) is 0 Å². The van der Waals surface area contributed by atoms with E-state index in [1.807, 2.05) is 66.0 Å². The highest BCUT2D eigenvalue weighted by molar-refractivity contribution is 7.80. The molecule has 1 aliphatic carbocycles. The summed E-state index contributed by atoms with van der Waals surface area (Å²) in [6.45, 7) is 0.462. The molecule has 4 atom stereocenters. The van der Waals surface area contributed by atoms with Crippen molar-refractivity contribution in [2.24, 2.45) is 0 Å². The molecule has 4 aromatic rings. The molecule has 454 valence electrons. The van der Waals surface area contributed by atoms with Gasteiger partial charge < -0.3 is 72.5 Å². The van der Waals surface area contributed by atoms with Gasteiger partial charge in [-0.25, -0.2) is 19.2 Å². The molecule has 6 rings (SSSR count). The largest absolute Gasteiger partial charge is 0.508 e. The number of anilines is 1. The van der Waals surface area contributed by atoms with Gasteiger partial charge in [-0.3, -0.25) is 28.8 Å². The third-order valence-electron chi connectivity index (χ3n) is 13.7. The number of aromatic carboxylic acids is 1. The minimum absolute atomic E-state index is 0.0565. The Hall–Kier alpha value is -9.91. The van der Waals surface area contributed by atoms with Gasteiger partial charge in [-0.15, -0.1) is 0 Å². The molecule has 1 aliphatic heterocycles. The lowest BCUT2D eigenvalue weighted by Crippen LogP contribution is -2.55. The number of rotatable bonds is 33. The number of hydrogen-bond donors (Lipinski definition) is 13. The fourth-order valence-electron chi connectivity index (χ4n) is 9.32. The Morgan fingerprint density at radius 2 is 1.17 bits per heavy atom. The second-order valence-corrected chi connectivity index (χ2v) is 20.6. The van der Waals surface area contributed by atoms with Crippen molar-refractivity contribution in [3.05, 3.63) is 142 Å². The van der Waals surface area contributed by atoms with Crippen LogP contribution in [0.1, 0.15) is 92.1 Å². The first-order chi connectivity index (χ1) is 41.2. The SMILES string of the molecule is O=C(O)CC[C@H](NC(=O)N[C@@H](CCC(=O)NCCCCCCCC(=O)N[C@@H](CCc1ccccc1)C(=O)N[C@@H](Cc1ccccc1)C(=O)NCCNC(=S)Nc1ccc(-c2c3ccc(=O)cc-3oc3cc(O)ccc23)c(C(=O)O)c1)C(=O)O)C(=O)O. The summed E-state index contributed by atoms with van der Waals surface area (Å²) in [5.74, 6) is -7.24. The molecule has 24 nitrogen and oxygen atoms in total. The zero-order valence-corrected chi connectivity index (χ0v) is 47.5. The van der Waals surface area contributed by atoms with E-state index in [1.54, 1.807) is 24.3 Å². The van der Waals surface area contributed by atoms with Crippen LogP contribution in [0.2, 0.25) is 0 Å². The number of carbonyl (C=O) groups is 9. The summed E-state index contributed by atoms with van der Waals surface area (Å²) in [5.41, 5.74) is 3.15. The Balaban J connectivity index is 0.969. The van der Waals surface area contributed by atoms with Crippen LogP contribution in [0.15, 0.2) is 124 Å². The molecule has 86 heavy (non-hydrogen) atoms. The summed E-state index contributed by atoms with van der Waals surface area (Å²) in [4.78, 5) is 125. The van der Waals surface area contributed by atoms with Gasteiger partial charge in [-0.1, -0.05) is 86.0 Å². The Morgan fingerprint density at radius 3 is 1.85 bits per heavy atom. The average molecular weight is 1200 g/mol. The number of fused-ring (bicyclic) bond motifs is 2. The van der Waals surface area contributed by atoms with Crippen molar-refractivity contribution in [1.29, 1.82) is 0 Å². The number of nitrogens with one attached hydrogen (secondary N) is 8. The van der Waals surface area contributed by atoms with E-state index in [0.717, 1.165) is 11.1 Å². The molecule has 13 N–H and O–H groups in total. The molecule has 0 fully saturated rings. The first kappa shape index (κ1) is 65.2. The van der Waals surface area contributed by atoms with Crippen molar-refractivity contribution in [1.82, 2.24) is 37.2 Å². The number of benzene rings is 5. The van der Waals surface area contributed by atoms with E-state index in [-0.39, 0.29) is 90.8 Å². The van der Waals surface area contributed by atoms with Crippen molar-refractivity contribution in [3.8, 4) is 28.2 Å². The molecule has 25 heteroatoms. The smallest absolute Gasteiger partial charge is 0.336 e. The molecule has 0 unspecified atom stereocenters. The lowest BCUT2D eigenvalue weighted by atomic mass is 9.90. The molecule has 4 aromatic carbocycles. The molecule has 0 bridgehead atoms. The molecule has 0 saturated heterocycles. The number of aryl methyl sites for hydroxylation is 1. The minimum atomic E-state index is -1.57. The highest BCUT2D eigenvalue weighted by Crippen LogP contribution is 2.42. The molecule has 1 heterocycles. The summed E-state index contributed by atoms with van der Waals surface area (Å²) in [6, 6.07) is 25.5. The number of urea groups is 1. The summed E-state index contributed by atoms with van der Waals surface area (Å²) in [7, 11) is 0. The van der Waals surface area contributed by atoms with Crippen LogP contribution in [-0.2, 0) is 46.4 Å². The van der Waals surface area contributed by atoms with Gasteiger partial charge >= 0.3 is 29.9 Å². The Morgan fingerprint density at radius 1 is 0.535 bits per heavy atom. The first-order valence-electron chi connectivity index (χ1n) is 27.8. The number of unbranched alkanes of at least 4 members (excludes halogenated alkanes) is 4. The van der Waals surface area contributed by atoms with Crippen LogP contribution in [0.25, 0.3) is 33.4 Å². The van der Waals surface area contributed by atoms with Crippen molar-refractivity contribution < 1.29 is 73.1 Å². The maximum atomic E-state index is 14.2. The molecule has 6 amide bonds. The predicted octanol–water partition coefficient (Wildman–Crippen LogP) is 5.52. The Bertz CT molecular complexity index is 3420. The van der Waals surface area contributed by atoms with E-state index in [2.05, 4.69) is 37.2 Å². The molecule has 0 aromatic heterocycles. The molecule has 0 radical (unpaired) electrons. The van der Waals surface area contributed by atoms with E-state index in [4.69, 9.17) is 21.7 Å². The van der Waals surface area contributed by atoms with Crippen LogP contribution < -0.4 is 48.0 Å². The fourth-order valence-corrected chi connectivity index (χ4v) is 9.54. The van der Waals surface area contributed by atoms with Gasteiger partial charge in [0, 0.05) is 79.7 Å². The van der Waals surface area contributed by atoms with Gasteiger partial charge in [-0.2, -0.15) is 0 Å². The number of phenolic OH excluding ortho intramolecular Hbond substituents is 1. The van der Waals surface area contributed by atoms with Crippen molar-refractivity contribution in [2.75, 3.05) is 25.0 Å². The number of hydrogen-bond acceptors (Lipinski definition) is 13. The number of carboxylic acid groups (broad SMARTS) is 4. The zero-order chi connectivity index (χ0) is 62.1. The number of thiocarbonyl (C=S) groups is 1. The summed E-state index contributed by atoms with van der Waals surface area (Å²) >= 11 is 5.54. The summed E-state index contributed by atoms with van der Waals surface area (Å²) < 4.78 is 5.93. The minimum Gasteiger partial charge on any atom is -0.508 e. The van der Waals surface area contributed by atoms with E-state index < -0.39 is 84.6 Å². The molecule has 0 saturated carbocycles. The van der Waals surface area contributed by atoms with Gasteiger partial charge in [0.15, 0.2) is 10.5 Å². The maximum absolute atomic E-state index is 14.2. The molecular formula is C61H68N8O16S. The third-order valence-corrected chi connectivity index (χ3v) is 14.0. The van der Waals surface area contributed by atoms with E-state index >= 15 is 0 Å². The number of aromatic hydroxyl groups is 1. The van der Waals surface area contributed by atoms with Crippen molar-refractivity contribution in [2.45, 2.75) is 108 Å². The Labute approximate surface area is 498 Å². The van der Waals surface area contributed by atoms with Crippen LogP contribution in [0.3, 0.4) is 0 Å². The summed E-state index contributed by atoms with van der Waals surface area (Å²) in [5, 5.41) is 70.2. The number of aliphatic carboxylic acids is 3. The maximum Gasteiger partial charge on any atom is 0.336 e. The van der Waals surface area contributed by atoms with Crippen LogP contribution in [0.4, 0.5) is 10.5 Å². The molecule has 0 spiro atoms. The first-order valence-corrected chi connectivity index (χ1v) is 28.2. The Kier molecular flexibility index (Phi) is 24.9. The monoisotopic (exact) mass is 1200 g/mol. The second kappa shape index (κ2) is 32.8. The predicted molar refractivity (Wildman–Crippen MR) is 321 cm³/mol. The number of carbonyl (C=O) groups excluding carboxylic acids is 5. The van der Waals surface area contributed by atoms with Gasteiger partial charge in [-0.05, 0) is 104 Å². The van der Waals surface area contributed by atoms with Crippen molar-refractivity contribution >= 4 is 87.5 Å². The highest BCUT2D eigenvalue weighted by Gasteiger charge is 2.29. The van der Waals surface area contributed by atoms with E-state index in [1.165, 1.54) is 30.3 Å². The van der Waals surface area contributed by atoms with Gasteiger partial charge in [0.05, 0.1) is 5.56 Å². The fraction of sp³-hybridized carbons (Fsp3) is 0.328. The number of amides is 6. The normalized spacial score (nSPS) is 12.3. The standard InChI is InChI=1S/C61H68N8O16S/c70-39-19-22-42-49(34-39)85-50-35-40(71)20-23-43(50)54(42)41-21-18-38(33-44(41)57(78)79)65-61(86)64-31-30-63-55(76)48(32-37-14-8-5-9-15-37)67-56(77)45(24-17-36-12-6-4-7-13-36)66-52(73)16-10-2-1-3-11-29-62-51(72)27-25-46(58(80)81)68-60(84)69-47(59(82)83)26-28-53(74)75/h4-9,12-15,18-23,33-35,45-48,70H,1-3,10-11,16-17,24-32H2,(H,62,72)(H,63,76)(H,66,73)(H,67,77)(H,74,75)(H,78,79)(H,80,81)(H,82,83)(H2,64,65,86)(H2,68,69,84)/t45-,46-,47-,48-/m0/s1. The molecular weight excluding hydrogens is 1130 g/mol. The van der Waals surface area contributed by atoms with Gasteiger partial charge in [0.2, 0.25) is 23.6 Å². The highest BCUT2D eigenvalue weighted by atomic mass is 32.1. The topological polar surface area (TPSA) is 381 Å². The van der Waals surface area contributed by atoms with E-state index in [0.29, 0.717) is 66.3 Å². The van der Waals surface area contributed by atoms with Crippen LogP contribution in [0, 0.1) is 0 Å². The quantitative estimate of drug-likeness (QED) is 0.0137. The second-order valence-electron chi connectivity index (χ2n) is 20.2. The lowest BCUT2D eigenvalue weighted by Gasteiger charge is -2.24. The van der Waals surface area contributed by atoms with Gasteiger partial charge in [0.1, 0.15) is 41.3 Å². The van der Waals surface area contributed by atoms with Crippen LogP contribution >= 0.6 is 12.2 Å². The third kappa shape index (κ3) is 20.8. The average Bonchev–Trinajstić information content (AvgIpc) is 0.793. The number of carboxylic acids is 4. The van der Waals surface area contributed by atoms with Crippen LogP contribution in [0.5, 0.6) is 5.75 Å². The number of phenols is 1. The van der Waals surface area contributed by atoms with Crippen molar-refractivity contribution in [3.63, 3.8) is 0 Å². The van der Waals surface area contributed by atoms with E-state index in [9.17, 15) is 68.4 Å². The zero-order valence-electron chi connectivity index (χ0n) is 46.7. The van der Waals surface area contributed by atoms with Crippen LogP contribution in [-0.4, -0.2) is 128 Å².